The molecule has 0 radical (unpaired) electrons. The molecule has 32 heavy (non-hydrogen) atoms. The molecular weight excluding hydrogens is 448 g/mol. The van der Waals surface area contributed by atoms with Crippen molar-refractivity contribution in [2.75, 3.05) is 19.0 Å². The summed E-state index contributed by atoms with van der Waals surface area (Å²) in [6.45, 7) is 0. The largest absolute Gasteiger partial charge is 0.399 e. The number of likely N-dealkylation sites (N-methyl/N-ethyl adjacent to an activating group) is 1. The number of amides is 1. The van der Waals surface area contributed by atoms with Gasteiger partial charge in [0.05, 0.1) is 11.9 Å². The van der Waals surface area contributed by atoms with Gasteiger partial charge in [-0.25, -0.2) is 0 Å². The normalized spacial score (nSPS) is 18.5. The summed E-state index contributed by atoms with van der Waals surface area (Å²) in [6.07, 6.45) is 2.58. The molecule has 1 aliphatic rings. The minimum atomic E-state index is -3.67. The number of hydrogen-bond acceptors (Lipinski definition) is 7. The molecule has 1 atom stereocenters. The highest BCUT2D eigenvalue weighted by Crippen LogP contribution is 2.37. The van der Waals surface area contributed by atoms with E-state index in [-0.39, 0.29) is 16.8 Å². The number of pyridine rings is 1. The minimum absolute atomic E-state index is 0.142. The van der Waals surface area contributed by atoms with Gasteiger partial charge in [0.15, 0.2) is 10.7 Å². The van der Waals surface area contributed by atoms with Gasteiger partial charge in [-0.1, -0.05) is 24.3 Å². The molecule has 4 rings (SSSR count). The topological polar surface area (TPSA) is 115 Å². The Morgan fingerprint density at radius 3 is 2.41 bits per heavy atom. The van der Waals surface area contributed by atoms with Gasteiger partial charge in [0.1, 0.15) is 5.75 Å². The predicted molar refractivity (Wildman–Crippen MR) is 125 cm³/mol. The number of nitrogens with one attached hydrogen (secondary N) is 1. The standard InChI is InChI=1S/C22H20N4O4S2/c1-26-20(27)22(25-21(26)31,15-6-8-18(9-7-15)30-32(2,28)29)16-10-11-24-19(13-16)14-4-3-5-17(23)12-14/h3-13H,23H2,1-2H3,(H,25,31). The third-order valence-corrected chi connectivity index (χ3v) is 6.01. The molecule has 10 heteroatoms. The van der Waals surface area contributed by atoms with Gasteiger partial charge in [-0.2, -0.15) is 8.42 Å². The SMILES string of the molecule is CN1C(=O)C(c2ccc(OS(C)(=O)=O)cc2)(c2ccnc(-c3cccc(N)c3)c2)NC1=S. The number of benzene rings is 2. The Hall–Kier alpha value is -3.50. The zero-order valence-electron chi connectivity index (χ0n) is 17.3. The Kier molecular flexibility index (Phi) is 5.35. The predicted octanol–water partition coefficient (Wildman–Crippen LogP) is 2.26. The molecule has 2 aromatic carbocycles. The van der Waals surface area contributed by atoms with Crippen LogP contribution in [0.1, 0.15) is 11.1 Å². The van der Waals surface area contributed by atoms with Gasteiger partial charge in [-0.05, 0) is 59.7 Å². The van der Waals surface area contributed by atoms with E-state index in [1.807, 2.05) is 18.2 Å². The third kappa shape index (κ3) is 3.90. The average molecular weight is 469 g/mol. The molecule has 0 spiro atoms. The summed E-state index contributed by atoms with van der Waals surface area (Å²) < 4.78 is 27.8. The smallest absolute Gasteiger partial charge is 0.306 e. The highest BCUT2D eigenvalue weighted by Gasteiger charge is 2.51. The van der Waals surface area contributed by atoms with Crippen molar-refractivity contribution in [1.82, 2.24) is 15.2 Å². The number of carbonyl (C=O) groups is 1. The second-order valence-corrected chi connectivity index (χ2v) is 9.37. The van der Waals surface area contributed by atoms with Crippen LogP contribution in [0.15, 0.2) is 66.9 Å². The molecule has 1 aliphatic heterocycles. The lowest BCUT2D eigenvalue weighted by Crippen LogP contribution is -2.45. The van der Waals surface area contributed by atoms with Crippen molar-refractivity contribution >= 4 is 39.0 Å². The van der Waals surface area contributed by atoms with Crippen LogP contribution in [-0.2, 0) is 20.5 Å². The molecule has 0 bridgehead atoms. The Labute approximate surface area is 191 Å². The van der Waals surface area contributed by atoms with Crippen LogP contribution in [0.5, 0.6) is 5.75 Å². The van der Waals surface area contributed by atoms with Crippen molar-refractivity contribution in [3.05, 3.63) is 78.0 Å². The zero-order chi connectivity index (χ0) is 23.1. The van der Waals surface area contributed by atoms with E-state index < -0.39 is 15.7 Å². The molecule has 1 aromatic heterocycles. The van der Waals surface area contributed by atoms with Crippen molar-refractivity contribution in [2.45, 2.75) is 5.54 Å². The molecule has 0 aliphatic carbocycles. The van der Waals surface area contributed by atoms with E-state index in [2.05, 4.69) is 10.3 Å². The number of nitrogens with two attached hydrogens (primary N) is 1. The van der Waals surface area contributed by atoms with Crippen LogP contribution < -0.4 is 15.2 Å². The van der Waals surface area contributed by atoms with E-state index >= 15 is 0 Å². The summed E-state index contributed by atoms with van der Waals surface area (Å²) in [5, 5.41) is 3.43. The van der Waals surface area contributed by atoms with Gasteiger partial charge >= 0.3 is 10.1 Å². The van der Waals surface area contributed by atoms with Crippen LogP contribution in [0.2, 0.25) is 0 Å². The van der Waals surface area contributed by atoms with Gasteiger partial charge in [0.25, 0.3) is 5.91 Å². The highest BCUT2D eigenvalue weighted by atomic mass is 32.2. The first-order chi connectivity index (χ1) is 15.1. The number of nitrogens with zero attached hydrogens (tertiary/aromatic N) is 2. The number of thiocarbonyl (C=S) groups is 1. The van der Waals surface area contributed by atoms with Crippen LogP contribution in [0.4, 0.5) is 5.69 Å². The maximum atomic E-state index is 13.5. The lowest BCUT2D eigenvalue weighted by Gasteiger charge is -2.28. The maximum absolute atomic E-state index is 13.5. The van der Waals surface area contributed by atoms with E-state index in [0.717, 1.165) is 11.8 Å². The first-order valence-corrected chi connectivity index (χ1v) is 11.8. The molecule has 3 N–H and O–H groups in total. The van der Waals surface area contributed by atoms with E-state index in [4.69, 9.17) is 22.1 Å². The third-order valence-electron chi connectivity index (χ3n) is 5.13. The van der Waals surface area contributed by atoms with E-state index in [1.165, 1.54) is 17.0 Å². The van der Waals surface area contributed by atoms with Gasteiger partial charge in [-0.15, -0.1) is 0 Å². The van der Waals surface area contributed by atoms with Crippen LogP contribution >= 0.6 is 12.2 Å². The fraction of sp³-hybridized carbons (Fsp3) is 0.136. The molecule has 0 saturated carbocycles. The van der Waals surface area contributed by atoms with Crippen LogP contribution in [0, 0.1) is 0 Å². The molecule has 2 heterocycles. The number of anilines is 1. The lowest BCUT2D eigenvalue weighted by molar-refractivity contribution is -0.129. The lowest BCUT2D eigenvalue weighted by atomic mass is 9.82. The second kappa shape index (κ2) is 7.88. The maximum Gasteiger partial charge on any atom is 0.306 e. The quantitative estimate of drug-likeness (QED) is 0.333. The number of rotatable bonds is 5. The minimum Gasteiger partial charge on any atom is -0.399 e. The van der Waals surface area contributed by atoms with Gasteiger partial charge in [0, 0.05) is 24.5 Å². The number of carbonyl (C=O) groups excluding carboxylic acids is 1. The Balaban J connectivity index is 1.85. The first kappa shape index (κ1) is 21.7. The van der Waals surface area contributed by atoms with Crippen molar-refractivity contribution in [2.24, 2.45) is 0 Å². The molecular formula is C22H20N4O4S2. The number of nitrogen functional groups attached to an aromatic ring is 1. The van der Waals surface area contributed by atoms with E-state index in [9.17, 15) is 13.2 Å². The zero-order valence-corrected chi connectivity index (χ0v) is 18.9. The summed E-state index contributed by atoms with van der Waals surface area (Å²) in [5.74, 6) is -0.132. The summed E-state index contributed by atoms with van der Waals surface area (Å²) >= 11 is 5.37. The van der Waals surface area contributed by atoms with E-state index in [0.29, 0.717) is 22.5 Å². The van der Waals surface area contributed by atoms with Crippen molar-refractivity contribution < 1.29 is 17.4 Å². The summed E-state index contributed by atoms with van der Waals surface area (Å²) in [6, 6.07) is 17.1. The number of hydrogen-bond donors (Lipinski definition) is 2. The van der Waals surface area contributed by atoms with Gasteiger partial charge in [0.2, 0.25) is 0 Å². The molecule has 1 fully saturated rings. The monoisotopic (exact) mass is 468 g/mol. The van der Waals surface area contributed by atoms with Crippen molar-refractivity contribution in [3.8, 4) is 17.0 Å². The Bertz CT molecular complexity index is 1330. The van der Waals surface area contributed by atoms with E-state index in [1.54, 1.807) is 43.6 Å². The van der Waals surface area contributed by atoms with Crippen molar-refractivity contribution in [3.63, 3.8) is 0 Å². The molecule has 8 nitrogen and oxygen atoms in total. The molecule has 1 saturated heterocycles. The highest BCUT2D eigenvalue weighted by molar-refractivity contribution is 7.86. The van der Waals surface area contributed by atoms with Crippen LogP contribution in [0.25, 0.3) is 11.3 Å². The summed E-state index contributed by atoms with van der Waals surface area (Å²) in [4.78, 5) is 19.3. The fourth-order valence-corrected chi connectivity index (χ4v) is 4.35. The molecule has 1 unspecified atom stereocenters. The fourth-order valence-electron chi connectivity index (χ4n) is 3.65. The average Bonchev–Trinajstić information content (AvgIpc) is 2.98. The summed E-state index contributed by atoms with van der Waals surface area (Å²) in [5.41, 5.74) is 7.84. The van der Waals surface area contributed by atoms with Crippen LogP contribution in [0.3, 0.4) is 0 Å². The first-order valence-electron chi connectivity index (χ1n) is 9.53. The molecule has 3 aromatic rings. The van der Waals surface area contributed by atoms with Crippen molar-refractivity contribution in [1.29, 1.82) is 0 Å². The Morgan fingerprint density at radius 2 is 1.81 bits per heavy atom. The second-order valence-electron chi connectivity index (χ2n) is 7.41. The molecule has 1 amide bonds. The van der Waals surface area contributed by atoms with Gasteiger partial charge < -0.3 is 15.2 Å². The van der Waals surface area contributed by atoms with Gasteiger partial charge in [-0.3, -0.25) is 14.7 Å². The molecule has 164 valence electrons. The Morgan fingerprint density at radius 1 is 1.09 bits per heavy atom. The van der Waals surface area contributed by atoms with Crippen LogP contribution in [-0.4, -0.2) is 42.6 Å². The number of aromatic nitrogens is 1. The summed E-state index contributed by atoms with van der Waals surface area (Å²) in [7, 11) is -2.08.